The Labute approximate surface area is 762 Å². The van der Waals surface area contributed by atoms with Crippen LogP contribution < -0.4 is 23.7 Å². The third kappa shape index (κ3) is 31.0. The van der Waals surface area contributed by atoms with Crippen LogP contribution in [-0.4, -0.2) is 48.2 Å². The van der Waals surface area contributed by atoms with Crippen LogP contribution >= 0.6 is 0 Å². The molecule has 0 aromatic heterocycles. The molecule has 0 heterocycles. The fourth-order valence-electron chi connectivity index (χ4n) is 12.7. The van der Waals surface area contributed by atoms with Crippen LogP contribution in [0.5, 0.6) is 28.7 Å². The third-order valence-electron chi connectivity index (χ3n) is 18.0. The molecule has 0 spiro atoms. The van der Waals surface area contributed by atoms with Gasteiger partial charge in [-0.3, -0.25) is 0 Å². The summed E-state index contributed by atoms with van der Waals surface area (Å²) in [5.74, 6) is 3.54. The molecule has 0 fully saturated rings. The average molecular weight is 1770 g/mol. The Bertz CT molecular complexity index is 5410. The minimum Gasteiger partial charge on any atom is -0.494 e. The Morgan fingerprint density at radius 1 is 0.254 bits per heavy atom. The van der Waals surface area contributed by atoms with Crippen LogP contribution in [-0.2, 0) is 68.7 Å². The Morgan fingerprint density at radius 3 is 0.690 bits per heavy atom. The highest BCUT2D eigenvalue weighted by molar-refractivity contribution is 7.98. The molecule has 9 nitrogen and oxygen atoms in total. The molecule has 126 heavy (non-hydrogen) atoms. The summed E-state index contributed by atoms with van der Waals surface area (Å²) in [4.78, 5) is 42.9. The SMILES string of the molecule is CC(C)(C)OC(=O)COc1ccc([S+](c2ccccc2)c2ccccc2)cc1.CC(C)(C)OC(=O)Oc1ccc([S+](c2ccccc2)c2ccccc2)cc1.CC(C)(C)Oc1ccc([S+](c2ccccc2)c2ccccc2)cc1.CC(C)Oc1ccc([S+](c2ccccc2)c2ccccc2)cc1.CCCCOc1ccc([S+](c2ccccc2)c2ccccc2)cc1. The summed E-state index contributed by atoms with van der Waals surface area (Å²) in [6.07, 6.45) is 1.76. The second-order valence-electron chi connectivity index (χ2n) is 32.0. The lowest BCUT2D eigenvalue weighted by atomic mass is 10.2. The summed E-state index contributed by atoms with van der Waals surface area (Å²) >= 11 is 0. The second-order valence-corrected chi connectivity index (χ2v) is 42.2. The van der Waals surface area contributed by atoms with Gasteiger partial charge in [-0.2, -0.15) is 0 Å². The van der Waals surface area contributed by atoms with E-state index >= 15 is 0 Å². The molecule has 0 amide bonds. The summed E-state index contributed by atoms with van der Waals surface area (Å²) in [7, 11) is -0.698. The van der Waals surface area contributed by atoms with Gasteiger partial charge in [-0.1, -0.05) is 195 Å². The monoisotopic (exact) mass is 1760 g/mol. The van der Waals surface area contributed by atoms with Gasteiger partial charge < -0.3 is 33.2 Å². The molecule has 15 aromatic rings. The Balaban J connectivity index is 0.000000153. The number of rotatable bonds is 26. The van der Waals surface area contributed by atoms with E-state index in [4.69, 9.17) is 33.2 Å². The fraction of sp³-hybridized carbons (Fsp3) is 0.179. The van der Waals surface area contributed by atoms with Crippen molar-refractivity contribution in [2.24, 2.45) is 0 Å². The molecule has 15 rings (SSSR count). The number of benzene rings is 15. The smallest absolute Gasteiger partial charge is 0.494 e. The molecule has 0 aliphatic rings. The molecule has 0 unspecified atom stereocenters. The number of carbonyl (C=O) groups is 2. The van der Waals surface area contributed by atoms with Crippen molar-refractivity contribution in [1.82, 2.24) is 0 Å². The molecule has 642 valence electrons. The van der Waals surface area contributed by atoms with Crippen LogP contribution in [0.25, 0.3) is 0 Å². The fourth-order valence-corrected chi connectivity index (χ4v) is 23.1. The zero-order valence-electron chi connectivity index (χ0n) is 74.0. The van der Waals surface area contributed by atoms with Gasteiger partial charge in [-0.15, -0.1) is 0 Å². The molecule has 14 heteroatoms. The van der Waals surface area contributed by atoms with Crippen molar-refractivity contribution in [2.75, 3.05) is 13.2 Å². The summed E-state index contributed by atoms with van der Waals surface area (Å²) in [5, 5.41) is 0. The predicted molar refractivity (Wildman–Crippen MR) is 522 cm³/mol. The first kappa shape index (κ1) is 94.7. The molecule has 0 aliphatic heterocycles. The normalized spacial score (nSPS) is 11.2. The van der Waals surface area contributed by atoms with Gasteiger partial charge in [0.1, 0.15) is 45.6 Å². The molecule has 0 aliphatic carbocycles. The molecule has 0 N–H and O–H groups in total. The van der Waals surface area contributed by atoms with Crippen molar-refractivity contribution in [2.45, 2.75) is 192 Å². The maximum Gasteiger partial charge on any atom is 0.514 e. The van der Waals surface area contributed by atoms with Gasteiger partial charge in [0.15, 0.2) is 80.0 Å². The van der Waals surface area contributed by atoms with E-state index in [-0.39, 0.29) is 78.8 Å². The molecule has 0 atom stereocenters. The zero-order chi connectivity index (χ0) is 88.9. The first-order valence-corrected chi connectivity index (χ1v) is 48.6. The summed E-state index contributed by atoms with van der Waals surface area (Å²) in [5.41, 5.74) is -1.27. The van der Waals surface area contributed by atoms with Gasteiger partial charge in [-0.05, 0) is 325 Å². The summed E-state index contributed by atoms with van der Waals surface area (Å²) in [6.45, 7) is 24.1. The maximum atomic E-state index is 11.8. The van der Waals surface area contributed by atoms with Crippen LogP contribution in [0.15, 0.2) is 498 Å². The maximum absolute atomic E-state index is 11.8. The Morgan fingerprint density at radius 2 is 0.468 bits per heavy atom. The molecular formula is C112H115O9S5+5. The van der Waals surface area contributed by atoms with Gasteiger partial charge in [0.2, 0.25) is 0 Å². The quantitative estimate of drug-likeness (QED) is 0.0227. The van der Waals surface area contributed by atoms with Gasteiger partial charge in [-0.25, -0.2) is 9.59 Å². The van der Waals surface area contributed by atoms with E-state index in [0.29, 0.717) is 11.5 Å². The van der Waals surface area contributed by atoms with E-state index in [9.17, 15) is 9.59 Å². The Hall–Kier alpha value is -12.0. The van der Waals surface area contributed by atoms with E-state index in [0.717, 1.165) is 41.6 Å². The molecule has 15 aromatic carbocycles. The zero-order valence-corrected chi connectivity index (χ0v) is 78.1. The highest BCUT2D eigenvalue weighted by Crippen LogP contribution is 2.39. The number of hydrogen-bond acceptors (Lipinski definition) is 9. The van der Waals surface area contributed by atoms with Crippen molar-refractivity contribution in [3.63, 3.8) is 0 Å². The third-order valence-corrected chi connectivity index (χ3v) is 29.2. The van der Waals surface area contributed by atoms with Gasteiger partial charge in [0.05, 0.1) is 67.2 Å². The minimum atomic E-state index is -0.694. The first-order chi connectivity index (χ1) is 61.0. The summed E-state index contributed by atoms with van der Waals surface area (Å²) < 4.78 is 38.8. The number of esters is 1. The van der Waals surface area contributed by atoms with E-state index in [1.165, 1.54) is 68.5 Å². The molecule has 0 radical (unpaired) electrons. The lowest BCUT2D eigenvalue weighted by molar-refractivity contribution is -0.157. The second kappa shape index (κ2) is 48.5. The Kier molecular flexibility index (Phi) is 36.4. The van der Waals surface area contributed by atoms with E-state index in [2.05, 4.69) is 392 Å². The van der Waals surface area contributed by atoms with Crippen molar-refractivity contribution in [3.8, 4) is 28.7 Å². The molecule has 0 saturated heterocycles. The van der Waals surface area contributed by atoms with Crippen molar-refractivity contribution in [1.29, 1.82) is 0 Å². The van der Waals surface area contributed by atoms with Crippen molar-refractivity contribution in [3.05, 3.63) is 425 Å². The lowest BCUT2D eigenvalue weighted by Gasteiger charge is -2.21. The standard InChI is InChI=1S/C24H25O3S.C23H23O3S.2C22H23OS.C21H21OS/c1-24(2,3)27-23(25)18-26-19-14-16-22(17-15-19)28(20-10-6-4-7-11-20)21-12-8-5-9-13-21;1-23(2,3)26-22(24)25-18-14-16-21(17-15-18)27(19-10-6-4-7-11-19)20-12-8-5-9-13-20;1-22(2,3)23-18-14-16-21(17-15-18)24(19-10-6-4-7-11-19)20-12-8-5-9-13-20;1-2-3-18-23-19-14-16-22(17-15-19)24(20-10-6-4-7-11-20)21-12-8-5-9-13-21;1-17(2)22-18-13-15-21(16-14-18)23(19-9-5-3-6-10-19)20-11-7-4-8-12-20/h4-17H,18H2,1-3H3;4-17H,1-3H3;4-17H,1-3H3;4-17H,2-3,18H2,1H3;3-17H,1-2H3/q5*+1. The van der Waals surface area contributed by atoms with Crippen LogP contribution in [0.4, 0.5) is 4.79 Å². The number of hydrogen-bond donors (Lipinski definition) is 0. The van der Waals surface area contributed by atoms with Gasteiger partial charge >= 0.3 is 12.1 Å². The highest BCUT2D eigenvalue weighted by Gasteiger charge is 2.34. The lowest BCUT2D eigenvalue weighted by Crippen LogP contribution is -2.27. The molecular weight excluding hydrogens is 1650 g/mol. The van der Waals surface area contributed by atoms with Crippen LogP contribution in [0.1, 0.15) is 95.9 Å². The number of unbranched alkanes of at least 4 members (excludes halogenated alkanes) is 1. The van der Waals surface area contributed by atoms with E-state index in [1.54, 1.807) is 0 Å². The number of carbonyl (C=O) groups excluding carboxylic acids is 2. The van der Waals surface area contributed by atoms with E-state index in [1.807, 2.05) is 116 Å². The van der Waals surface area contributed by atoms with Gasteiger partial charge in [0.25, 0.3) is 0 Å². The average Bonchev–Trinajstić information content (AvgIpc) is 0.833. The van der Waals surface area contributed by atoms with Crippen molar-refractivity contribution < 1.29 is 42.7 Å². The van der Waals surface area contributed by atoms with Crippen LogP contribution in [0, 0.1) is 0 Å². The largest absolute Gasteiger partial charge is 0.514 e. The molecule has 0 bridgehead atoms. The van der Waals surface area contributed by atoms with Gasteiger partial charge in [0, 0.05) is 0 Å². The number of ether oxygens (including phenoxy) is 7. The highest BCUT2D eigenvalue weighted by atomic mass is 32.2. The predicted octanol–water partition coefficient (Wildman–Crippen LogP) is 29.1. The molecule has 0 saturated carbocycles. The first-order valence-electron chi connectivity index (χ1n) is 42.5. The van der Waals surface area contributed by atoms with Crippen molar-refractivity contribution >= 4 is 66.6 Å². The van der Waals surface area contributed by atoms with Crippen LogP contribution in [0.2, 0.25) is 0 Å². The minimum absolute atomic E-state index is 0.0858. The van der Waals surface area contributed by atoms with E-state index < -0.39 is 17.4 Å². The van der Waals surface area contributed by atoms with Crippen LogP contribution in [0.3, 0.4) is 0 Å². The topological polar surface area (TPSA) is 98.8 Å². The summed E-state index contributed by atoms with van der Waals surface area (Å²) in [6, 6.07) is 147.